The van der Waals surface area contributed by atoms with E-state index in [0.717, 1.165) is 6.04 Å². The van der Waals surface area contributed by atoms with E-state index in [0.29, 0.717) is 0 Å². The topological polar surface area (TPSA) is 3.24 Å². The summed E-state index contributed by atoms with van der Waals surface area (Å²) in [7, 11) is 0. The zero-order valence-electron chi connectivity index (χ0n) is 8.38. The molecule has 0 aromatic rings. The van der Waals surface area contributed by atoms with Gasteiger partial charge in [0.25, 0.3) is 0 Å². The van der Waals surface area contributed by atoms with Crippen LogP contribution in [0.1, 0.15) is 46.0 Å². The van der Waals surface area contributed by atoms with Crippen LogP contribution in [0.4, 0.5) is 0 Å². The number of rotatable bonds is 3. The van der Waals surface area contributed by atoms with Crippen molar-refractivity contribution >= 4 is 24.0 Å². The summed E-state index contributed by atoms with van der Waals surface area (Å²) in [6.07, 6.45) is 7.01. The second kappa shape index (κ2) is 7.13. The molecule has 0 aromatic heterocycles. The van der Waals surface area contributed by atoms with Crippen LogP contribution in [0, 0.1) is 0 Å². The van der Waals surface area contributed by atoms with Crippen LogP contribution in [-0.2, 0) is 0 Å². The minimum absolute atomic E-state index is 0. The zero-order chi connectivity index (χ0) is 8.10. The van der Waals surface area contributed by atoms with Gasteiger partial charge in [0.2, 0.25) is 0 Å². The monoisotopic (exact) mass is 283 g/mol. The smallest absolute Gasteiger partial charge is 0.00668 e. The van der Waals surface area contributed by atoms with E-state index in [1.165, 1.54) is 45.2 Å². The first-order valence-corrected chi connectivity index (χ1v) is 5.08. The zero-order valence-corrected chi connectivity index (χ0v) is 10.7. The van der Waals surface area contributed by atoms with Crippen LogP contribution in [0.25, 0.3) is 0 Å². The molecule has 1 aliphatic rings. The highest BCUT2D eigenvalue weighted by molar-refractivity contribution is 14.0. The quantitative estimate of drug-likeness (QED) is 0.718. The van der Waals surface area contributed by atoms with E-state index >= 15 is 0 Å². The van der Waals surface area contributed by atoms with Crippen molar-refractivity contribution in [3.8, 4) is 0 Å². The lowest BCUT2D eigenvalue weighted by molar-refractivity contribution is 0.166. The van der Waals surface area contributed by atoms with Gasteiger partial charge in [-0.3, -0.25) is 0 Å². The molecular weight excluding hydrogens is 261 g/mol. The van der Waals surface area contributed by atoms with Gasteiger partial charge in [-0.15, -0.1) is 24.0 Å². The van der Waals surface area contributed by atoms with E-state index in [4.69, 9.17) is 0 Å². The normalized spacial score (nSPS) is 21.5. The molecule has 12 heavy (non-hydrogen) atoms. The molecule has 1 fully saturated rings. The number of piperidine rings is 1. The maximum atomic E-state index is 2.65. The number of likely N-dealkylation sites (tertiary alicyclic amines) is 1. The summed E-state index contributed by atoms with van der Waals surface area (Å²) in [5.74, 6) is 0. The Hall–Kier alpha value is 0.690. The number of hydrogen-bond donors (Lipinski definition) is 0. The number of hydrogen-bond acceptors (Lipinski definition) is 1. The molecule has 1 aliphatic heterocycles. The molecule has 1 rings (SSSR count). The fraction of sp³-hybridized carbons (Fsp3) is 1.00. The molecule has 0 aliphatic carbocycles. The molecule has 1 unspecified atom stereocenters. The lowest BCUT2D eigenvalue weighted by Gasteiger charge is -2.32. The largest absolute Gasteiger partial charge is 0.301 e. The molecule has 0 bridgehead atoms. The highest BCUT2D eigenvalue weighted by atomic mass is 127. The van der Waals surface area contributed by atoms with Gasteiger partial charge in [-0.05, 0) is 39.3 Å². The number of halogens is 1. The third-order valence-corrected chi connectivity index (χ3v) is 2.72. The maximum Gasteiger partial charge on any atom is 0.00668 e. The summed E-state index contributed by atoms with van der Waals surface area (Å²) in [5.41, 5.74) is 0. The Morgan fingerprint density at radius 2 is 1.75 bits per heavy atom. The van der Waals surface area contributed by atoms with Gasteiger partial charge in [0, 0.05) is 6.04 Å². The van der Waals surface area contributed by atoms with Gasteiger partial charge in [-0.2, -0.15) is 0 Å². The third kappa shape index (κ3) is 4.08. The van der Waals surface area contributed by atoms with E-state index in [1.54, 1.807) is 0 Å². The maximum absolute atomic E-state index is 2.65. The molecule has 1 atom stereocenters. The Bertz CT molecular complexity index is 100. The van der Waals surface area contributed by atoms with Gasteiger partial charge in [-0.1, -0.05) is 19.8 Å². The van der Waals surface area contributed by atoms with Crippen LogP contribution in [0.3, 0.4) is 0 Å². The van der Waals surface area contributed by atoms with Crippen LogP contribution in [0.2, 0.25) is 0 Å². The standard InChI is InChI=1S/C10H21N.HI/c1-3-7-10(2)11-8-5-4-6-9-11;/h10H,3-9H2,1-2H3;1H. The third-order valence-electron chi connectivity index (χ3n) is 2.72. The molecule has 2 heteroatoms. The molecule has 0 N–H and O–H groups in total. The fourth-order valence-electron chi connectivity index (χ4n) is 1.96. The fourth-order valence-corrected chi connectivity index (χ4v) is 1.96. The predicted molar refractivity (Wildman–Crippen MR) is 65.2 cm³/mol. The van der Waals surface area contributed by atoms with Crippen LogP contribution >= 0.6 is 24.0 Å². The molecule has 0 spiro atoms. The lowest BCUT2D eigenvalue weighted by atomic mass is 10.1. The highest BCUT2D eigenvalue weighted by Crippen LogP contribution is 2.14. The minimum Gasteiger partial charge on any atom is -0.301 e. The average molecular weight is 283 g/mol. The van der Waals surface area contributed by atoms with Crippen molar-refractivity contribution in [2.24, 2.45) is 0 Å². The molecule has 0 amide bonds. The first-order valence-electron chi connectivity index (χ1n) is 5.08. The van der Waals surface area contributed by atoms with Crippen molar-refractivity contribution in [2.75, 3.05) is 13.1 Å². The van der Waals surface area contributed by atoms with Crippen molar-refractivity contribution in [1.29, 1.82) is 0 Å². The first-order chi connectivity index (χ1) is 5.34. The van der Waals surface area contributed by atoms with E-state index < -0.39 is 0 Å². The van der Waals surface area contributed by atoms with Gasteiger partial charge in [0.15, 0.2) is 0 Å². The predicted octanol–water partition coefficient (Wildman–Crippen LogP) is 3.28. The van der Waals surface area contributed by atoms with Crippen molar-refractivity contribution in [2.45, 2.75) is 52.0 Å². The van der Waals surface area contributed by atoms with Crippen molar-refractivity contribution in [1.82, 2.24) is 4.90 Å². The molecule has 0 aromatic carbocycles. The lowest BCUT2D eigenvalue weighted by Crippen LogP contribution is -2.37. The molecule has 0 radical (unpaired) electrons. The SMILES string of the molecule is CCCC(C)N1CCCCC1.I. The summed E-state index contributed by atoms with van der Waals surface area (Å²) >= 11 is 0. The summed E-state index contributed by atoms with van der Waals surface area (Å²) in [6.45, 7) is 7.34. The molecule has 1 saturated heterocycles. The van der Waals surface area contributed by atoms with Crippen molar-refractivity contribution in [3.63, 3.8) is 0 Å². The van der Waals surface area contributed by atoms with Crippen LogP contribution in [0.5, 0.6) is 0 Å². The Morgan fingerprint density at radius 1 is 1.17 bits per heavy atom. The second-order valence-corrected chi connectivity index (χ2v) is 3.73. The summed E-state index contributed by atoms with van der Waals surface area (Å²) in [6, 6.07) is 0.834. The number of nitrogens with zero attached hydrogens (tertiary/aromatic N) is 1. The van der Waals surface area contributed by atoms with Crippen LogP contribution < -0.4 is 0 Å². The summed E-state index contributed by atoms with van der Waals surface area (Å²) in [4.78, 5) is 2.65. The highest BCUT2D eigenvalue weighted by Gasteiger charge is 2.14. The molecule has 1 heterocycles. The Balaban J connectivity index is 0.00000121. The van der Waals surface area contributed by atoms with Gasteiger partial charge in [0.1, 0.15) is 0 Å². The second-order valence-electron chi connectivity index (χ2n) is 3.73. The molecule has 74 valence electrons. The van der Waals surface area contributed by atoms with Gasteiger partial charge in [0.05, 0.1) is 0 Å². The van der Waals surface area contributed by atoms with Gasteiger partial charge >= 0.3 is 0 Å². The van der Waals surface area contributed by atoms with E-state index in [2.05, 4.69) is 18.7 Å². The van der Waals surface area contributed by atoms with Gasteiger partial charge < -0.3 is 4.90 Å². The average Bonchev–Trinajstić information content (AvgIpc) is 2.07. The van der Waals surface area contributed by atoms with E-state index in [-0.39, 0.29) is 24.0 Å². The molecular formula is C10H22IN. The summed E-state index contributed by atoms with van der Waals surface area (Å²) in [5, 5.41) is 0. The molecule has 0 saturated carbocycles. The van der Waals surface area contributed by atoms with Crippen molar-refractivity contribution in [3.05, 3.63) is 0 Å². The summed E-state index contributed by atoms with van der Waals surface area (Å²) < 4.78 is 0. The Labute approximate surface area is 93.9 Å². The Morgan fingerprint density at radius 3 is 2.25 bits per heavy atom. The van der Waals surface area contributed by atoms with E-state index in [1.807, 2.05) is 0 Å². The van der Waals surface area contributed by atoms with E-state index in [9.17, 15) is 0 Å². The van der Waals surface area contributed by atoms with Crippen molar-refractivity contribution < 1.29 is 0 Å². The van der Waals surface area contributed by atoms with Crippen LogP contribution in [-0.4, -0.2) is 24.0 Å². The van der Waals surface area contributed by atoms with Crippen LogP contribution in [0.15, 0.2) is 0 Å². The Kier molecular flexibility index (Phi) is 7.54. The first kappa shape index (κ1) is 12.7. The minimum atomic E-state index is 0. The molecule has 1 nitrogen and oxygen atoms in total. The van der Waals surface area contributed by atoms with Gasteiger partial charge in [-0.25, -0.2) is 0 Å².